The minimum atomic E-state index is -0.520. The third kappa shape index (κ3) is 4.41. The molecule has 3 aliphatic carbocycles. The van der Waals surface area contributed by atoms with E-state index < -0.39 is 5.41 Å². The van der Waals surface area contributed by atoms with Gasteiger partial charge in [-0.25, -0.2) is 0 Å². The molecule has 0 radical (unpaired) electrons. The Morgan fingerprint density at radius 2 is 0.783 bits per heavy atom. The standard InChI is InChI=1S/C59H37N/c1-3-17-38(18-4-1)39-33-35-41(36-34-39)60(54-31-14-11-21-42(54)40-19-5-2-6-20-40)55-32-16-30-52-58(55)47-25-10-13-29-51(47)59(52)50-28-12-9-24-46(50)57-48-27-15-26-45-43-22-7-8-23-44(43)49(56(45)48)37-53(57)59/h1-37H. The van der Waals surface area contributed by atoms with Crippen LogP contribution in [0.25, 0.3) is 77.5 Å². The van der Waals surface area contributed by atoms with Crippen LogP contribution in [-0.2, 0) is 5.41 Å². The van der Waals surface area contributed by atoms with Gasteiger partial charge in [0.05, 0.1) is 16.8 Å². The minimum absolute atomic E-state index is 0.520. The van der Waals surface area contributed by atoms with Gasteiger partial charge in [-0.3, -0.25) is 0 Å². The molecule has 0 heterocycles. The summed E-state index contributed by atoms with van der Waals surface area (Å²) in [4.78, 5) is 2.51. The third-order valence-electron chi connectivity index (χ3n) is 13.4. The van der Waals surface area contributed by atoms with Crippen LogP contribution in [0.4, 0.5) is 17.1 Å². The van der Waals surface area contributed by atoms with Crippen LogP contribution in [-0.4, -0.2) is 0 Å². The molecule has 1 nitrogen and oxygen atoms in total. The largest absolute Gasteiger partial charge is 0.309 e. The first kappa shape index (κ1) is 33.3. The first-order chi connectivity index (χ1) is 29.8. The van der Waals surface area contributed by atoms with E-state index in [1.54, 1.807) is 0 Å². The van der Waals surface area contributed by atoms with E-state index in [0.29, 0.717) is 0 Å². The molecular weight excluding hydrogens is 723 g/mol. The minimum Gasteiger partial charge on any atom is -0.309 e. The zero-order valence-corrected chi connectivity index (χ0v) is 32.8. The number of fused-ring (bicyclic) bond motifs is 14. The van der Waals surface area contributed by atoms with E-state index in [0.717, 1.165) is 17.1 Å². The predicted octanol–water partition coefficient (Wildman–Crippen LogP) is 15.6. The van der Waals surface area contributed by atoms with E-state index in [2.05, 4.69) is 229 Å². The first-order valence-corrected chi connectivity index (χ1v) is 20.9. The summed E-state index contributed by atoms with van der Waals surface area (Å²) in [6.45, 7) is 0. The second-order valence-corrected chi connectivity index (χ2v) is 16.3. The molecule has 1 heteroatoms. The molecule has 0 aliphatic heterocycles. The highest BCUT2D eigenvalue weighted by Gasteiger charge is 2.53. The molecule has 10 aromatic carbocycles. The molecule has 0 amide bonds. The summed E-state index contributed by atoms with van der Waals surface area (Å²) in [6, 6.07) is 83.4. The maximum Gasteiger partial charge on any atom is 0.0726 e. The molecule has 10 aromatic rings. The third-order valence-corrected chi connectivity index (χ3v) is 13.4. The van der Waals surface area contributed by atoms with Crippen molar-refractivity contribution >= 4 is 27.8 Å². The highest BCUT2D eigenvalue weighted by molar-refractivity contribution is 6.21. The zero-order valence-electron chi connectivity index (χ0n) is 32.8. The number of para-hydroxylation sites is 1. The molecule has 278 valence electrons. The van der Waals surface area contributed by atoms with Crippen molar-refractivity contribution in [2.24, 2.45) is 0 Å². The molecule has 0 saturated carbocycles. The van der Waals surface area contributed by atoms with Crippen molar-refractivity contribution in [3.63, 3.8) is 0 Å². The fourth-order valence-electron chi connectivity index (χ4n) is 11.1. The summed E-state index contributed by atoms with van der Waals surface area (Å²) in [5.41, 5.74) is 23.6. The summed E-state index contributed by atoms with van der Waals surface area (Å²) in [6.07, 6.45) is 0. The Morgan fingerprint density at radius 1 is 0.283 bits per heavy atom. The summed E-state index contributed by atoms with van der Waals surface area (Å²) >= 11 is 0. The van der Waals surface area contributed by atoms with Gasteiger partial charge in [0.1, 0.15) is 0 Å². The molecule has 3 aliphatic rings. The summed E-state index contributed by atoms with van der Waals surface area (Å²) in [7, 11) is 0. The van der Waals surface area contributed by atoms with Gasteiger partial charge in [0.25, 0.3) is 0 Å². The quantitative estimate of drug-likeness (QED) is 0.169. The first-order valence-electron chi connectivity index (χ1n) is 20.9. The lowest BCUT2D eigenvalue weighted by molar-refractivity contribution is 0.794. The van der Waals surface area contributed by atoms with Crippen LogP contribution >= 0.6 is 0 Å². The number of hydrogen-bond acceptors (Lipinski definition) is 1. The van der Waals surface area contributed by atoms with Gasteiger partial charge in [-0.05, 0) is 119 Å². The van der Waals surface area contributed by atoms with Gasteiger partial charge in [-0.15, -0.1) is 0 Å². The molecule has 1 spiro atoms. The van der Waals surface area contributed by atoms with Crippen molar-refractivity contribution in [1.29, 1.82) is 0 Å². The van der Waals surface area contributed by atoms with Crippen LogP contribution in [0.15, 0.2) is 224 Å². The Balaban J connectivity index is 1.12. The van der Waals surface area contributed by atoms with Gasteiger partial charge in [-0.1, -0.05) is 194 Å². The Bertz CT molecular complexity index is 3360. The number of nitrogens with zero attached hydrogens (tertiary/aromatic N) is 1. The highest BCUT2D eigenvalue weighted by atomic mass is 15.1. The molecule has 0 N–H and O–H groups in total. The van der Waals surface area contributed by atoms with Crippen molar-refractivity contribution in [3.05, 3.63) is 247 Å². The summed E-state index contributed by atoms with van der Waals surface area (Å²) < 4.78 is 0. The average molecular weight is 760 g/mol. The molecule has 1 unspecified atom stereocenters. The van der Waals surface area contributed by atoms with Crippen LogP contribution < -0.4 is 4.90 Å². The molecule has 1 atom stereocenters. The lowest BCUT2D eigenvalue weighted by atomic mass is 9.70. The second kappa shape index (κ2) is 12.6. The molecule has 0 bridgehead atoms. The lowest BCUT2D eigenvalue weighted by Crippen LogP contribution is -2.26. The van der Waals surface area contributed by atoms with Crippen LogP contribution in [0.3, 0.4) is 0 Å². The van der Waals surface area contributed by atoms with Crippen molar-refractivity contribution in [1.82, 2.24) is 0 Å². The van der Waals surface area contributed by atoms with E-state index in [-0.39, 0.29) is 0 Å². The van der Waals surface area contributed by atoms with Gasteiger partial charge < -0.3 is 4.90 Å². The van der Waals surface area contributed by atoms with E-state index in [4.69, 9.17) is 0 Å². The second-order valence-electron chi connectivity index (χ2n) is 16.3. The van der Waals surface area contributed by atoms with Gasteiger partial charge in [0, 0.05) is 16.8 Å². The van der Waals surface area contributed by atoms with Crippen molar-refractivity contribution in [2.75, 3.05) is 4.90 Å². The molecule has 0 aromatic heterocycles. The van der Waals surface area contributed by atoms with Crippen molar-refractivity contribution in [2.45, 2.75) is 5.41 Å². The van der Waals surface area contributed by atoms with Gasteiger partial charge in [0.2, 0.25) is 0 Å². The lowest BCUT2D eigenvalue weighted by Gasteiger charge is -2.32. The van der Waals surface area contributed by atoms with Crippen LogP contribution in [0.5, 0.6) is 0 Å². The summed E-state index contributed by atoms with van der Waals surface area (Å²) in [5, 5.41) is 2.70. The Kier molecular flexibility index (Phi) is 7.00. The molecule has 0 saturated heterocycles. The fourth-order valence-corrected chi connectivity index (χ4v) is 11.1. The highest BCUT2D eigenvalue weighted by Crippen LogP contribution is 2.67. The smallest absolute Gasteiger partial charge is 0.0726 e. The Labute approximate surface area is 350 Å². The van der Waals surface area contributed by atoms with E-state index in [1.165, 1.54) is 99.8 Å². The Hall–Kier alpha value is -7.74. The van der Waals surface area contributed by atoms with Crippen molar-refractivity contribution < 1.29 is 0 Å². The van der Waals surface area contributed by atoms with Crippen molar-refractivity contribution in [3.8, 4) is 66.8 Å². The van der Waals surface area contributed by atoms with Gasteiger partial charge in [-0.2, -0.15) is 0 Å². The summed E-state index contributed by atoms with van der Waals surface area (Å²) in [5.74, 6) is 0. The van der Waals surface area contributed by atoms with E-state index in [1.807, 2.05) is 0 Å². The average Bonchev–Trinajstić information content (AvgIpc) is 3.93. The fraction of sp³-hybridized carbons (Fsp3) is 0.0169. The van der Waals surface area contributed by atoms with E-state index >= 15 is 0 Å². The molecule has 0 fully saturated rings. The molecule has 60 heavy (non-hydrogen) atoms. The van der Waals surface area contributed by atoms with Crippen LogP contribution in [0.2, 0.25) is 0 Å². The maximum atomic E-state index is 2.57. The maximum absolute atomic E-state index is 2.57. The van der Waals surface area contributed by atoms with Crippen LogP contribution in [0, 0.1) is 0 Å². The SMILES string of the molecule is c1ccc(-c2ccc(N(c3ccccc3-c3ccccc3)c3cccc4c3-c3ccccc3C43c4ccccc4-c4c3cc3c5c(cccc45)-c4ccccc4-3)cc2)cc1. The number of rotatable bonds is 5. The van der Waals surface area contributed by atoms with Crippen LogP contribution in [0.1, 0.15) is 22.3 Å². The van der Waals surface area contributed by atoms with E-state index in [9.17, 15) is 0 Å². The van der Waals surface area contributed by atoms with Gasteiger partial charge >= 0.3 is 0 Å². The zero-order chi connectivity index (χ0) is 39.4. The predicted molar refractivity (Wildman–Crippen MR) is 250 cm³/mol. The molecule has 13 rings (SSSR count). The topological polar surface area (TPSA) is 3.24 Å². The number of benzene rings is 10. The number of hydrogen-bond donors (Lipinski definition) is 0. The normalized spacial score (nSPS) is 14.7. The van der Waals surface area contributed by atoms with Gasteiger partial charge in [0.15, 0.2) is 0 Å². The monoisotopic (exact) mass is 759 g/mol. The molecular formula is C59H37N. The Morgan fingerprint density at radius 3 is 1.50 bits per heavy atom. The number of anilines is 3.